The SMILES string of the molecule is NCCC(C=O)Cc1ccsc1. The van der Waals surface area contributed by atoms with Gasteiger partial charge in [-0.05, 0) is 41.8 Å². The third-order valence-electron chi connectivity index (χ3n) is 1.81. The molecule has 1 heterocycles. The first-order valence-electron chi connectivity index (χ1n) is 4.03. The van der Waals surface area contributed by atoms with Gasteiger partial charge in [0.15, 0.2) is 0 Å². The molecule has 1 aromatic rings. The molecule has 0 aliphatic carbocycles. The summed E-state index contributed by atoms with van der Waals surface area (Å²) in [5, 5.41) is 4.10. The maximum absolute atomic E-state index is 10.6. The van der Waals surface area contributed by atoms with Crippen molar-refractivity contribution in [3.63, 3.8) is 0 Å². The van der Waals surface area contributed by atoms with E-state index < -0.39 is 0 Å². The fourth-order valence-corrected chi connectivity index (χ4v) is 1.83. The van der Waals surface area contributed by atoms with Gasteiger partial charge < -0.3 is 10.5 Å². The molecule has 0 amide bonds. The number of hydrogen-bond donors (Lipinski definition) is 1. The third kappa shape index (κ3) is 2.75. The van der Waals surface area contributed by atoms with E-state index in [0.717, 1.165) is 19.1 Å². The van der Waals surface area contributed by atoms with E-state index in [1.54, 1.807) is 11.3 Å². The minimum atomic E-state index is 0.101. The molecular formula is C9H13NOS. The van der Waals surface area contributed by atoms with Gasteiger partial charge in [0.2, 0.25) is 0 Å². The second-order valence-electron chi connectivity index (χ2n) is 2.81. The average Bonchev–Trinajstić information content (AvgIpc) is 2.56. The smallest absolute Gasteiger partial charge is 0.123 e. The second-order valence-corrected chi connectivity index (χ2v) is 3.59. The Labute approximate surface area is 76.4 Å². The maximum atomic E-state index is 10.6. The van der Waals surface area contributed by atoms with Gasteiger partial charge in [-0.2, -0.15) is 11.3 Å². The Bertz CT molecular complexity index is 220. The van der Waals surface area contributed by atoms with Crippen LogP contribution < -0.4 is 5.73 Å². The Balaban J connectivity index is 2.42. The van der Waals surface area contributed by atoms with Gasteiger partial charge in [0.25, 0.3) is 0 Å². The number of carbonyl (C=O) groups is 1. The van der Waals surface area contributed by atoms with Crippen LogP contribution in [0.1, 0.15) is 12.0 Å². The van der Waals surface area contributed by atoms with Crippen molar-refractivity contribution in [2.24, 2.45) is 11.7 Å². The van der Waals surface area contributed by atoms with Gasteiger partial charge in [-0.15, -0.1) is 0 Å². The van der Waals surface area contributed by atoms with Crippen LogP contribution in [0.15, 0.2) is 16.8 Å². The van der Waals surface area contributed by atoms with E-state index in [4.69, 9.17) is 5.73 Å². The molecule has 12 heavy (non-hydrogen) atoms. The first-order valence-corrected chi connectivity index (χ1v) is 4.97. The summed E-state index contributed by atoms with van der Waals surface area (Å²) in [7, 11) is 0. The molecule has 0 spiro atoms. The molecule has 0 bridgehead atoms. The molecule has 0 saturated carbocycles. The molecule has 66 valence electrons. The van der Waals surface area contributed by atoms with Crippen molar-refractivity contribution < 1.29 is 4.79 Å². The zero-order valence-electron chi connectivity index (χ0n) is 6.90. The van der Waals surface area contributed by atoms with E-state index in [0.29, 0.717) is 6.54 Å². The maximum Gasteiger partial charge on any atom is 0.123 e. The first-order chi connectivity index (χ1) is 5.86. The van der Waals surface area contributed by atoms with Crippen molar-refractivity contribution in [3.05, 3.63) is 22.4 Å². The predicted molar refractivity (Wildman–Crippen MR) is 51.2 cm³/mol. The summed E-state index contributed by atoms with van der Waals surface area (Å²) < 4.78 is 0. The Kier molecular flexibility index (Phi) is 3.97. The lowest BCUT2D eigenvalue weighted by molar-refractivity contribution is -0.111. The second kappa shape index (κ2) is 5.06. The Morgan fingerprint density at radius 3 is 3.00 bits per heavy atom. The van der Waals surface area contributed by atoms with E-state index in [2.05, 4.69) is 11.4 Å². The lowest BCUT2D eigenvalue weighted by atomic mass is 10.00. The van der Waals surface area contributed by atoms with Crippen LogP contribution in [-0.2, 0) is 11.2 Å². The number of aldehydes is 1. The van der Waals surface area contributed by atoms with Crippen molar-refractivity contribution in [1.29, 1.82) is 0 Å². The number of carbonyl (C=O) groups excluding carboxylic acids is 1. The van der Waals surface area contributed by atoms with Crippen LogP contribution in [0.4, 0.5) is 0 Å². The summed E-state index contributed by atoms with van der Waals surface area (Å²) in [5.74, 6) is 0.101. The van der Waals surface area contributed by atoms with Crippen LogP contribution >= 0.6 is 11.3 Å². The zero-order valence-corrected chi connectivity index (χ0v) is 7.72. The number of rotatable bonds is 5. The van der Waals surface area contributed by atoms with Gasteiger partial charge in [-0.3, -0.25) is 0 Å². The van der Waals surface area contributed by atoms with Crippen LogP contribution in [0.25, 0.3) is 0 Å². The van der Waals surface area contributed by atoms with E-state index in [1.165, 1.54) is 5.56 Å². The summed E-state index contributed by atoms with van der Waals surface area (Å²) in [6, 6.07) is 2.05. The molecule has 0 aliphatic rings. The lowest BCUT2D eigenvalue weighted by Gasteiger charge is -2.05. The zero-order chi connectivity index (χ0) is 8.81. The van der Waals surface area contributed by atoms with Crippen molar-refractivity contribution in [2.45, 2.75) is 12.8 Å². The highest BCUT2D eigenvalue weighted by Gasteiger charge is 2.06. The predicted octanol–water partition coefficient (Wildman–Crippen LogP) is 1.45. The monoisotopic (exact) mass is 183 g/mol. The molecule has 2 nitrogen and oxygen atoms in total. The minimum Gasteiger partial charge on any atom is -0.330 e. The topological polar surface area (TPSA) is 43.1 Å². The summed E-state index contributed by atoms with van der Waals surface area (Å²) >= 11 is 1.66. The Morgan fingerprint density at radius 1 is 1.67 bits per heavy atom. The molecular weight excluding hydrogens is 170 g/mol. The Hall–Kier alpha value is -0.670. The molecule has 3 heteroatoms. The number of nitrogens with two attached hydrogens (primary N) is 1. The normalized spacial score (nSPS) is 12.8. The van der Waals surface area contributed by atoms with Gasteiger partial charge in [0, 0.05) is 5.92 Å². The van der Waals surface area contributed by atoms with Gasteiger partial charge in [-0.1, -0.05) is 0 Å². The van der Waals surface area contributed by atoms with Crippen molar-refractivity contribution >= 4 is 17.6 Å². The van der Waals surface area contributed by atoms with Gasteiger partial charge >= 0.3 is 0 Å². The van der Waals surface area contributed by atoms with Gasteiger partial charge in [0.1, 0.15) is 6.29 Å². The average molecular weight is 183 g/mol. The highest BCUT2D eigenvalue weighted by atomic mass is 32.1. The van der Waals surface area contributed by atoms with Gasteiger partial charge in [-0.25, -0.2) is 0 Å². The molecule has 1 aromatic heterocycles. The quantitative estimate of drug-likeness (QED) is 0.702. The largest absolute Gasteiger partial charge is 0.330 e. The summed E-state index contributed by atoms with van der Waals surface area (Å²) in [5.41, 5.74) is 6.62. The molecule has 2 N–H and O–H groups in total. The number of thiophene rings is 1. The van der Waals surface area contributed by atoms with E-state index in [-0.39, 0.29) is 5.92 Å². The van der Waals surface area contributed by atoms with E-state index in [1.807, 2.05) is 5.38 Å². The van der Waals surface area contributed by atoms with Crippen LogP contribution in [0.3, 0.4) is 0 Å². The molecule has 1 atom stereocenters. The Morgan fingerprint density at radius 2 is 2.50 bits per heavy atom. The standard InChI is InChI=1S/C9H13NOS/c10-3-1-8(6-11)5-9-2-4-12-7-9/h2,4,6-8H,1,3,5,10H2. The third-order valence-corrected chi connectivity index (χ3v) is 2.54. The first kappa shape index (κ1) is 9.42. The van der Waals surface area contributed by atoms with Crippen molar-refractivity contribution in [1.82, 2.24) is 0 Å². The van der Waals surface area contributed by atoms with E-state index >= 15 is 0 Å². The van der Waals surface area contributed by atoms with Crippen molar-refractivity contribution in [3.8, 4) is 0 Å². The van der Waals surface area contributed by atoms with E-state index in [9.17, 15) is 4.79 Å². The summed E-state index contributed by atoms with van der Waals surface area (Å²) in [4.78, 5) is 10.6. The van der Waals surface area contributed by atoms with Crippen LogP contribution in [0, 0.1) is 5.92 Å². The molecule has 1 unspecified atom stereocenters. The van der Waals surface area contributed by atoms with Crippen LogP contribution in [0.2, 0.25) is 0 Å². The summed E-state index contributed by atoms with van der Waals surface area (Å²) in [6.07, 6.45) is 2.63. The van der Waals surface area contributed by atoms with Crippen LogP contribution in [-0.4, -0.2) is 12.8 Å². The number of hydrogen-bond acceptors (Lipinski definition) is 3. The fraction of sp³-hybridized carbons (Fsp3) is 0.444. The van der Waals surface area contributed by atoms with Crippen LogP contribution in [0.5, 0.6) is 0 Å². The molecule has 0 saturated heterocycles. The highest BCUT2D eigenvalue weighted by molar-refractivity contribution is 7.07. The molecule has 0 fully saturated rings. The summed E-state index contributed by atoms with van der Waals surface area (Å²) in [6.45, 7) is 0.591. The molecule has 0 aliphatic heterocycles. The fourth-order valence-electron chi connectivity index (χ4n) is 1.14. The molecule has 0 radical (unpaired) electrons. The minimum absolute atomic E-state index is 0.101. The van der Waals surface area contributed by atoms with Crippen molar-refractivity contribution in [2.75, 3.05) is 6.54 Å². The van der Waals surface area contributed by atoms with Gasteiger partial charge in [0.05, 0.1) is 0 Å². The highest BCUT2D eigenvalue weighted by Crippen LogP contribution is 2.12. The molecule has 0 aromatic carbocycles. The lowest BCUT2D eigenvalue weighted by Crippen LogP contribution is -2.12. The molecule has 1 rings (SSSR count).